The van der Waals surface area contributed by atoms with E-state index in [1.54, 1.807) is 19.2 Å². The highest BCUT2D eigenvalue weighted by molar-refractivity contribution is 7.99. The van der Waals surface area contributed by atoms with Crippen LogP contribution in [0.4, 0.5) is 0 Å². The second kappa shape index (κ2) is 7.05. The van der Waals surface area contributed by atoms with Gasteiger partial charge in [0, 0.05) is 26.9 Å². The third-order valence-corrected chi connectivity index (χ3v) is 5.95. The van der Waals surface area contributed by atoms with Gasteiger partial charge in [0.2, 0.25) is 0 Å². The van der Waals surface area contributed by atoms with Gasteiger partial charge in [0.25, 0.3) is 0 Å². The van der Waals surface area contributed by atoms with Gasteiger partial charge in [-0.25, -0.2) is 13.2 Å². The monoisotopic (exact) mass is 391 g/mol. The number of ether oxygens (including phenoxy) is 2. The lowest BCUT2D eigenvalue weighted by Crippen LogP contribution is -2.00. The van der Waals surface area contributed by atoms with Crippen LogP contribution in [-0.4, -0.2) is 39.8 Å². The summed E-state index contributed by atoms with van der Waals surface area (Å²) in [6, 6.07) is 12.2. The average molecular weight is 391 g/mol. The standard InChI is InChI=1S/C18H17NO5S2/c1-23-11-4-6-12(7-5-11)25-17-9-13(26(3,21)22)8-15-14(17)10-16(19-15)18(20)24-2/h4-10,19H,1-3H3. The number of methoxy groups -OCH3 is 2. The van der Waals surface area contributed by atoms with Crippen LogP contribution in [0.15, 0.2) is 57.2 Å². The second-order valence-corrected chi connectivity index (χ2v) is 8.74. The molecule has 1 N–H and O–H groups in total. The van der Waals surface area contributed by atoms with Gasteiger partial charge < -0.3 is 14.5 Å². The lowest BCUT2D eigenvalue weighted by atomic mass is 10.2. The van der Waals surface area contributed by atoms with Gasteiger partial charge in [-0.2, -0.15) is 0 Å². The Kier molecular flexibility index (Phi) is 4.97. The van der Waals surface area contributed by atoms with Crippen molar-refractivity contribution in [2.24, 2.45) is 0 Å². The molecule has 0 saturated heterocycles. The number of fused-ring (bicyclic) bond motifs is 1. The van der Waals surface area contributed by atoms with Gasteiger partial charge in [-0.3, -0.25) is 0 Å². The van der Waals surface area contributed by atoms with Crippen molar-refractivity contribution in [2.45, 2.75) is 14.7 Å². The SMILES string of the molecule is COC(=O)c1cc2c(Sc3ccc(OC)cc3)cc(S(C)(=O)=O)cc2[nH]1. The molecule has 8 heteroatoms. The van der Waals surface area contributed by atoms with Crippen LogP contribution in [0.1, 0.15) is 10.5 Å². The molecule has 0 aliphatic heterocycles. The average Bonchev–Trinajstić information content (AvgIpc) is 3.05. The van der Waals surface area contributed by atoms with Gasteiger partial charge in [-0.15, -0.1) is 0 Å². The molecule has 1 aromatic heterocycles. The second-order valence-electron chi connectivity index (χ2n) is 5.61. The number of esters is 1. The summed E-state index contributed by atoms with van der Waals surface area (Å²) in [5.41, 5.74) is 0.828. The Morgan fingerprint density at radius 3 is 2.35 bits per heavy atom. The molecule has 0 radical (unpaired) electrons. The van der Waals surface area contributed by atoms with Gasteiger partial charge in [0.1, 0.15) is 11.4 Å². The first-order chi connectivity index (χ1) is 12.3. The normalized spacial score (nSPS) is 11.5. The summed E-state index contributed by atoms with van der Waals surface area (Å²) in [7, 11) is -0.519. The van der Waals surface area contributed by atoms with E-state index in [1.807, 2.05) is 24.3 Å². The Labute approximate surface area is 155 Å². The van der Waals surface area contributed by atoms with E-state index < -0.39 is 15.8 Å². The van der Waals surface area contributed by atoms with E-state index in [0.29, 0.717) is 5.52 Å². The summed E-state index contributed by atoms with van der Waals surface area (Å²) in [5, 5.41) is 0.749. The van der Waals surface area contributed by atoms with E-state index in [9.17, 15) is 13.2 Å². The van der Waals surface area contributed by atoms with Gasteiger partial charge in [-0.1, -0.05) is 11.8 Å². The number of hydrogen-bond acceptors (Lipinski definition) is 6. The molecule has 26 heavy (non-hydrogen) atoms. The molecule has 0 unspecified atom stereocenters. The number of benzene rings is 2. The van der Waals surface area contributed by atoms with Crippen LogP contribution in [0.2, 0.25) is 0 Å². The van der Waals surface area contributed by atoms with Crippen LogP contribution in [0.3, 0.4) is 0 Å². The van der Waals surface area contributed by atoms with Crippen LogP contribution in [0.5, 0.6) is 5.75 Å². The van der Waals surface area contributed by atoms with Gasteiger partial charge >= 0.3 is 5.97 Å². The number of rotatable bonds is 5. The molecule has 6 nitrogen and oxygen atoms in total. The van der Waals surface area contributed by atoms with Crippen molar-refractivity contribution < 1.29 is 22.7 Å². The third-order valence-electron chi connectivity index (χ3n) is 3.79. The zero-order valence-corrected chi connectivity index (χ0v) is 16.0. The number of aromatic nitrogens is 1. The predicted molar refractivity (Wildman–Crippen MR) is 99.9 cm³/mol. The first kappa shape index (κ1) is 18.3. The van der Waals surface area contributed by atoms with Crippen molar-refractivity contribution in [1.29, 1.82) is 0 Å². The minimum Gasteiger partial charge on any atom is -0.497 e. The number of nitrogens with one attached hydrogen (secondary N) is 1. The molecule has 0 bridgehead atoms. The highest BCUT2D eigenvalue weighted by Gasteiger charge is 2.17. The van der Waals surface area contributed by atoms with Crippen LogP contribution in [0.25, 0.3) is 10.9 Å². The molecule has 2 aromatic carbocycles. The van der Waals surface area contributed by atoms with Crippen molar-refractivity contribution in [2.75, 3.05) is 20.5 Å². The molecule has 3 aromatic rings. The summed E-state index contributed by atoms with van der Waals surface area (Å²) < 4.78 is 33.9. The third kappa shape index (κ3) is 3.71. The van der Waals surface area contributed by atoms with E-state index in [-0.39, 0.29) is 10.6 Å². The van der Waals surface area contributed by atoms with Gasteiger partial charge in [0.15, 0.2) is 9.84 Å². The number of aromatic amines is 1. The maximum Gasteiger partial charge on any atom is 0.354 e. The topological polar surface area (TPSA) is 85.5 Å². The van der Waals surface area contributed by atoms with E-state index in [1.165, 1.54) is 24.9 Å². The Hall–Kier alpha value is -2.45. The molecule has 1 heterocycles. The number of H-pyrrole nitrogens is 1. The maximum atomic E-state index is 12.0. The molecule has 3 rings (SSSR count). The van der Waals surface area contributed by atoms with Crippen LogP contribution in [0, 0.1) is 0 Å². The first-order valence-corrected chi connectivity index (χ1v) is 10.3. The number of carbonyl (C=O) groups is 1. The number of sulfone groups is 1. The Morgan fingerprint density at radius 1 is 1.08 bits per heavy atom. The Bertz CT molecular complexity index is 1070. The smallest absolute Gasteiger partial charge is 0.354 e. The summed E-state index contributed by atoms with van der Waals surface area (Å²) in [5.74, 6) is 0.224. The van der Waals surface area contributed by atoms with Crippen molar-refractivity contribution in [3.8, 4) is 5.75 Å². The Morgan fingerprint density at radius 2 is 1.77 bits per heavy atom. The summed E-state index contributed by atoms with van der Waals surface area (Å²) in [6.07, 6.45) is 1.15. The zero-order valence-electron chi connectivity index (χ0n) is 14.4. The van der Waals surface area contributed by atoms with E-state index in [4.69, 9.17) is 9.47 Å². The van der Waals surface area contributed by atoms with Crippen molar-refractivity contribution >= 4 is 38.5 Å². The quantitative estimate of drug-likeness (QED) is 0.670. The Balaban J connectivity index is 2.13. The van der Waals surface area contributed by atoms with Crippen LogP contribution >= 0.6 is 11.8 Å². The minimum atomic E-state index is -3.41. The highest BCUT2D eigenvalue weighted by Crippen LogP contribution is 2.36. The summed E-state index contributed by atoms with van der Waals surface area (Å²) >= 11 is 1.41. The molecule has 0 spiro atoms. The minimum absolute atomic E-state index is 0.180. The molecule has 0 aliphatic rings. The molecular weight excluding hydrogens is 374 g/mol. The van der Waals surface area contributed by atoms with E-state index in [0.717, 1.165) is 27.2 Å². The summed E-state index contributed by atoms with van der Waals surface area (Å²) in [6.45, 7) is 0. The molecular formula is C18H17NO5S2. The fourth-order valence-corrected chi connectivity index (χ4v) is 4.20. The summed E-state index contributed by atoms with van der Waals surface area (Å²) in [4.78, 5) is 16.6. The molecule has 0 fully saturated rings. The molecule has 0 saturated carbocycles. The largest absolute Gasteiger partial charge is 0.497 e. The molecule has 0 amide bonds. The number of hydrogen-bond donors (Lipinski definition) is 1. The highest BCUT2D eigenvalue weighted by atomic mass is 32.2. The van der Waals surface area contributed by atoms with Crippen molar-refractivity contribution in [1.82, 2.24) is 4.98 Å². The van der Waals surface area contributed by atoms with Gasteiger partial charge in [0.05, 0.1) is 19.1 Å². The van der Waals surface area contributed by atoms with Crippen LogP contribution < -0.4 is 4.74 Å². The van der Waals surface area contributed by atoms with Crippen LogP contribution in [-0.2, 0) is 14.6 Å². The van der Waals surface area contributed by atoms with E-state index >= 15 is 0 Å². The molecule has 0 atom stereocenters. The fraction of sp³-hybridized carbons (Fsp3) is 0.167. The lowest BCUT2D eigenvalue weighted by Gasteiger charge is -2.07. The molecule has 136 valence electrons. The van der Waals surface area contributed by atoms with Gasteiger partial charge in [-0.05, 0) is 42.5 Å². The van der Waals surface area contributed by atoms with E-state index in [2.05, 4.69) is 4.98 Å². The predicted octanol–water partition coefficient (Wildman–Crippen LogP) is 3.52. The van der Waals surface area contributed by atoms with Crippen molar-refractivity contribution in [3.05, 3.63) is 48.2 Å². The maximum absolute atomic E-state index is 12.0. The zero-order chi connectivity index (χ0) is 18.9. The first-order valence-electron chi connectivity index (χ1n) is 7.59. The van der Waals surface area contributed by atoms with Crippen molar-refractivity contribution in [3.63, 3.8) is 0 Å². The molecule has 0 aliphatic carbocycles. The fourth-order valence-electron chi connectivity index (χ4n) is 2.47. The number of carbonyl (C=O) groups excluding carboxylic acids is 1. The lowest BCUT2D eigenvalue weighted by molar-refractivity contribution is 0.0595.